The molecule has 0 spiro atoms. The third-order valence-electron chi connectivity index (χ3n) is 7.01. The second kappa shape index (κ2) is 10.00. The van der Waals surface area contributed by atoms with Crippen LogP contribution in [0.2, 0.25) is 0 Å². The fraction of sp³-hybridized carbons (Fsp3) is 0.480. The van der Waals surface area contributed by atoms with E-state index in [1.165, 1.54) is 4.90 Å². The Morgan fingerprint density at radius 3 is 2.53 bits per heavy atom. The molecule has 3 aromatic heterocycles. The van der Waals surface area contributed by atoms with Gasteiger partial charge in [-0.1, -0.05) is 12.8 Å². The van der Waals surface area contributed by atoms with Crippen molar-refractivity contribution in [2.24, 2.45) is 0 Å². The third-order valence-corrected chi connectivity index (χ3v) is 7.01. The number of pyridine rings is 1. The van der Waals surface area contributed by atoms with Crippen LogP contribution in [0.15, 0.2) is 30.6 Å². The van der Waals surface area contributed by atoms with Gasteiger partial charge in [0.2, 0.25) is 5.95 Å². The number of hydrogen-bond donors (Lipinski definition) is 2. The molecule has 4 heterocycles. The van der Waals surface area contributed by atoms with Gasteiger partial charge in [0.25, 0.3) is 5.91 Å². The van der Waals surface area contributed by atoms with Gasteiger partial charge in [-0.15, -0.1) is 0 Å². The van der Waals surface area contributed by atoms with Crippen molar-refractivity contribution in [3.05, 3.63) is 36.3 Å². The molecule has 190 valence electrons. The van der Waals surface area contributed by atoms with Crippen molar-refractivity contribution in [1.29, 1.82) is 0 Å². The summed E-state index contributed by atoms with van der Waals surface area (Å²) < 4.78 is 2.09. The number of rotatable bonds is 5. The van der Waals surface area contributed by atoms with Crippen LogP contribution in [0.1, 0.15) is 48.6 Å². The van der Waals surface area contributed by atoms with Crippen LogP contribution in [0, 0.1) is 0 Å². The van der Waals surface area contributed by atoms with Crippen LogP contribution in [-0.2, 0) is 0 Å². The summed E-state index contributed by atoms with van der Waals surface area (Å²) in [5.74, 6) is 1.01. The van der Waals surface area contributed by atoms with E-state index in [1.54, 1.807) is 31.4 Å². The fourth-order valence-corrected chi connectivity index (χ4v) is 5.12. The molecule has 0 unspecified atom stereocenters. The van der Waals surface area contributed by atoms with Crippen molar-refractivity contribution in [2.45, 2.75) is 38.1 Å². The zero-order valence-corrected chi connectivity index (χ0v) is 20.7. The lowest BCUT2D eigenvalue weighted by atomic mass is 10.2. The molecule has 0 radical (unpaired) electrons. The van der Waals surface area contributed by atoms with E-state index in [0.29, 0.717) is 37.1 Å². The number of hydrogen-bond acceptors (Lipinski definition) is 7. The summed E-state index contributed by atoms with van der Waals surface area (Å²) in [6.45, 7) is 2.43. The van der Waals surface area contributed by atoms with Crippen molar-refractivity contribution >= 4 is 40.5 Å². The lowest BCUT2D eigenvalue weighted by Crippen LogP contribution is -2.34. The normalized spacial score (nSPS) is 16.8. The average molecular weight is 493 g/mol. The quantitative estimate of drug-likeness (QED) is 0.555. The number of nitrogens with zero attached hydrogens (tertiary/aromatic N) is 7. The molecule has 0 atom stereocenters. The molecule has 2 fully saturated rings. The van der Waals surface area contributed by atoms with Crippen molar-refractivity contribution < 1.29 is 14.7 Å². The van der Waals surface area contributed by atoms with Crippen LogP contribution in [0.5, 0.6) is 0 Å². The van der Waals surface area contributed by atoms with Crippen LogP contribution < -0.4 is 10.2 Å². The average Bonchev–Trinajstić information content (AvgIpc) is 3.44. The molecule has 3 aromatic rings. The summed E-state index contributed by atoms with van der Waals surface area (Å²) >= 11 is 0. The molecule has 11 nitrogen and oxygen atoms in total. The number of carbonyl (C=O) groups is 2. The van der Waals surface area contributed by atoms with Gasteiger partial charge in [0.15, 0.2) is 0 Å². The Labute approximate surface area is 209 Å². The highest BCUT2D eigenvalue weighted by atomic mass is 16.4. The van der Waals surface area contributed by atoms with E-state index in [9.17, 15) is 14.7 Å². The first-order chi connectivity index (χ1) is 17.4. The predicted octanol–water partition coefficient (Wildman–Crippen LogP) is 3.58. The second-order valence-corrected chi connectivity index (χ2v) is 9.65. The molecule has 2 N–H and O–H groups in total. The van der Waals surface area contributed by atoms with Gasteiger partial charge in [0, 0.05) is 57.9 Å². The first kappa shape index (κ1) is 23.8. The Morgan fingerprint density at radius 1 is 1.03 bits per heavy atom. The molecule has 0 aromatic carbocycles. The smallest absolute Gasteiger partial charge is 0.407 e. The summed E-state index contributed by atoms with van der Waals surface area (Å²) in [6, 6.07) is 5.99. The maximum Gasteiger partial charge on any atom is 0.407 e. The molecule has 0 bridgehead atoms. The van der Waals surface area contributed by atoms with E-state index < -0.39 is 6.09 Å². The molecule has 1 saturated carbocycles. The van der Waals surface area contributed by atoms with Gasteiger partial charge in [-0.25, -0.2) is 14.8 Å². The van der Waals surface area contributed by atoms with Crippen LogP contribution in [0.3, 0.4) is 0 Å². The number of carboxylic acid groups (broad SMARTS) is 1. The lowest BCUT2D eigenvalue weighted by molar-refractivity contribution is 0.0815. The van der Waals surface area contributed by atoms with Gasteiger partial charge in [0.1, 0.15) is 17.2 Å². The van der Waals surface area contributed by atoms with Crippen molar-refractivity contribution in [3.63, 3.8) is 0 Å². The SMILES string of the molecule is CN(C)C(=O)c1cc2cnc(Nc3ccc(N4CCCN(C(=O)O)CC4)cn3)nc2n1C1CCCC1. The molecule has 2 amide bonds. The first-order valence-corrected chi connectivity index (χ1v) is 12.5. The molecule has 5 rings (SSSR count). The van der Waals surface area contributed by atoms with Crippen LogP contribution in [0.4, 0.5) is 22.2 Å². The summed E-state index contributed by atoms with van der Waals surface area (Å²) in [5.41, 5.74) is 2.36. The topological polar surface area (TPSA) is 120 Å². The Kier molecular flexibility index (Phi) is 6.62. The van der Waals surface area contributed by atoms with E-state index in [0.717, 1.165) is 55.4 Å². The zero-order chi connectivity index (χ0) is 25.2. The number of anilines is 3. The van der Waals surface area contributed by atoms with E-state index in [1.807, 2.05) is 18.2 Å². The maximum absolute atomic E-state index is 12.9. The van der Waals surface area contributed by atoms with E-state index in [2.05, 4.69) is 24.8 Å². The second-order valence-electron chi connectivity index (χ2n) is 9.65. The van der Waals surface area contributed by atoms with Gasteiger partial charge in [-0.05, 0) is 37.5 Å². The Balaban J connectivity index is 1.36. The molecule has 1 saturated heterocycles. The zero-order valence-electron chi connectivity index (χ0n) is 20.7. The van der Waals surface area contributed by atoms with Gasteiger partial charge in [0.05, 0.1) is 11.9 Å². The van der Waals surface area contributed by atoms with Crippen LogP contribution >= 0.6 is 0 Å². The molecule has 1 aliphatic heterocycles. The minimum absolute atomic E-state index is 0.0355. The number of nitrogens with one attached hydrogen (secondary N) is 1. The monoisotopic (exact) mass is 492 g/mol. The number of carbonyl (C=O) groups excluding carboxylic acids is 1. The van der Waals surface area contributed by atoms with Gasteiger partial charge >= 0.3 is 6.09 Å². The Morgan fingerprint density at radius 2 is 1.83 bits per heavy atom. The molecule has 2 aliphatic rings. The van der Waals surface area contributed by atoms with Gasteiger partial charge < -0.3 is 29.7 Å². The minimum atomic E-state index is -0.872. The summed E-state index contributed by atoms with van der Waals surface area (Å²) in [5, 5.41) is 13.3. The highest BCUT2D eigenvalue weighted by molar-refractivity contribution is 5.97. The van der Waals surface area contributed by atoms with E-state index >= 15 is 0 Å². The highest BCUT2D eigenvalue weighted by Crippen LogP contribution is 2.35. The standard InChI is InChI=1S/C25H32N8O3/c1-30(2)23(34)20-14-17-15-27-24(29-22(17)33(20)18-6-3-4-7-18)28-21-9-8-19(16-26-21)31-10-5-11-32(13-12-31)25(35)36/h8-9,14-16,18H,3-7,10-13H2,1-2H3,(H,35,36)(H,26,27,28,29). The molecule has 11 heteroatoms. The summed E-state index contributed by atoms with van der Waals surface area (Å²) in [4.78, 5) is 43.2. The molecular formula is C25H32N8O3. The molecule has 1 aliphatic carbocycles. The van der Waals surface area contributed by atoms with Crippen molar-refractivity contribution in [2.75, 3.05) is 50.5 Å². The molecular weight excluding hydrogens is 460 g/mol. The van der Waals surface area contributed by atoms with Gasteiger partial charge in [-0.2, -0.15) is 4.98 Å². The Bertz CT molecular complexity index is 1250. The van der Waals surface area contributed by atoms with Crippen LogP contribution in [-0.4, -0.2) is 86.7 Å². The summed E-state index contributed by atoms with van der Waals surface area (Å²) in [6.07, 6.45) is 7.81. The van der Waals surface area contributed by atoms with E-state index in [-0.39, 0.29) is 11.9 Å². The largest absolute Gasteiger partial charge is 0.465 e. The summed E-state index contributed by atoms with van der Waals surface area (Å²) in [7, 11) is 3.53. The fourth-order valence-electron chi connectivity index (χ4n) is 5.12. The van der Waals surface area contributed by atoms with Crippen molar-refractivity contribution in [1.82, 2.24) is 29.3 Å². The third kappa shape index (κ3) is 4.77. The first-order valence-electron chi connectivity index (χ1n) is 12.5. The minimum Gasteiger partial charge on any atom is -0.465 e. The number of aromatic nitrogens is 4. The highest BCUT2D eigenvalue weighted by Gasteiger charge is 2.26. The predicted molar refractivity (Wildman–Crippen MR) is 137 cm³/mol. The van der Waals surface area contributed by atoms with Crippen LogP contribution in [0.25, 0.3) is 11.0 Å². The lowest BCUT2D eigenvalue weighted by Gasteiger charge is -2.22. The van der Waals surface area contributed by atoms with E-state index in [4.69, 9.17) is 4.98 Å². The van der Waals surface area contributed by atoms with Crippen molar-refractivity contribution in [3.8, 4) is 0 Å². The Hall–Kier alpha value is -3.89. The molecule has 36 heavy (non-hydrogen) atoms. The number of fused-ring (bicyclic) bond motifs is 1. The maximum atomic E-state index is 12.9. The number of amides is 2. The van der Waals surface area contributed by atoms with Gasteiger partial charge in [-0.3, -0.25) is 4.79 Å².